The highest BCUT2D eigenvalue weighted by molar-refractivity contribution is 5.94. The Morgan fingerprint density at radius 3 is 2.76 bits per heavy atom. The first-order chi connectivity index (χ1) is 9.97. The highest BCUT2D eigenvalue weighted by atomic mass is 19.1. The first-order valence-electron chi connectivity index (χ1n) is 6.39. The van der Waals surface area contributed by atoms with E-state index >= 15 is 0 Å². The second kappa shape index (κ2) is 6.32. The molecule has 1 aromatic carbocycles. The summed E-state index contributed by atoms with van der Waals surface area (Å²) in [5, 5.41) is 12.4. The van der Waals surface area contributed by atoms with Crippen LogP contribution in [0, 0.1) is 12.7 Å². The number of rotatable bonds is 4. The Morgan fingerprint density at radius 2 is 2.10 bits per heavy atom. The normalized spacial score (nSPS) is 12.0. The molecule has 0 saturated heterocycles. The number of benzene rings is 1. The third-order valence-electron chi connectivity index (χ3n) is 2.96. The number of hydrogen-bond acceptors (Lipinski definition) is 3. The number of aromatic nitrogens is 1. The number of carbonyl (C=O) groups is 1. The number of hydrogen-bond donors (Lipinski definition) is 3. The molecule has 0 saturated carbocycles. The Labute approximate surface area is 120 Å². The standard InChI is InChI=1S/C15H15FN2O3/c1-9-6-10(7-14(20)18-9)15(21)17-8-13(19)11-4-2-3-5-12(11)16/h2-7,13,19H,8H2,1H3,(H,17,21)(H,18,20). The van der Waals surface area contributed by atoms with Crippen LogP contribution in [0.4, 0.5) is 4.39 Å². The van der Waals surface area contributed by atoms with Gasteiger partial charge in [0.25, 0.3) is 5.91 Å². The second-order valence-electron chi connectivity index (χ2n) is 4.66. The van der Waals surface area contributed by atoms with Crippen molar-refractivity contribution in [2.75, 3.05) is 6.54 Å². The summed E-state index contributed by atoms with van der Waals surface area (Å²) in [5.74, 6) is -1.04. The minimum absolute atomic E-state index is 0.111. The number of aliphatic hydroxyl groups excluding tert-OH is 1. The van der Waals surface area contributed by atoms with Gasteiger partial charge in [0, 0.05) is 29.4 Å². The molecule has 0 aliphatic heterocycles. The number of pyridine rings is 1. The molecule has 1 unspecified atom stereocenters. The lowest BCUT2D eigenvalue weighted by molar-refractivity contribution is 0.0913. The summed E-state index contributed by atoms with van der Waals surface area (Å²) in [5.41, 5.74) is 0.481. The minimum Gasteiger partial charge on any atom is -0.386 e. The van der Waals surface area contributed by atoms with E-state index in [2.05, 4.69) is 10.3 Å². The summed E-state index contributed by atoms with van der Waals surface area (Å²) in [6.45, 7) is 1.51. The average Bonchev–Trinajstić information content (AvgIpc) is 2.43. The second-order valence-corrected chi connectivity index (χ2v) is 4.66. The van der Waals surface area contributed by atoms with Gasteiger partial charge in [-0.15, -0.1) is 0 Å². The molecular formula is C15H15FN2O3. The Morgan fingerprint density at radius 1 is 1.38 bits per heavy atom. The lowest BCUT2D eigenvalue weighted by Gasteiger charge is -2.13. The fourth-order valence-electron chi connectivity index (χ4n) is 1.96. The Kier molecular flexibility index (Phi) is 4.49. The van der Waals surface area contributed by atoms with Gasteiger partial charge in [-0.2, -0.15) is 0 Å². The highest BCUT2D eigenvalue weighted by Gasteiger charge is 2.14. The van der Waals surface area contributed by atoms with Crippen molar-refractivity contribution in [3.05, 3.63) is 69.4 Å². The molecule has 5 nitrogen and oxygen atoms in total. The van der Waals surface area contributed by atoms with Gasteiger partial charge in [0.2, 0.25) is 5.56 Å². The van der Waals surface area contributed by atoms with Gasteiger partial charge in [0.15, 0.2) is 0 Å². The largest absolute Gasteiger partial charge is 0.386 e. The van der Waals surface area contributed by atoms with Gasteiger partial charge in [0.1, 0.15) is 5.82 Å². The van der Waals surface area contributed by atoms with Crippen LogP contribution < -0.4 is 10.9 Å². The summed E-state index contributed by atoms with van der Waals surface area (Å²) in [6.07, 6.45) is -1.15. The smallest absolute Gasteiger partial charge is 0.251 e. The van der Waals surface area contributed by atoms with Crippen molar-refractivity contribution in [3.63, 3.8) is 0 Å². The maximum absolute atomic E-state index is 13.5. The topological polar surface area (TPSA) is 82.2 Å². The number of halogens is 1. The molecular weight excluding hydrogens is 275 g/mol. The highest BCUT2D eigenvalue weighted by Crippen LogP contribution is 2.15. The van der Waals surface area contributed by atoms with E-state index in [1.54, 1.807) is 13.0 Å². The predicted octanol–water partition coefficient (Wildman–Crippen LogP) is 1.29. The molecule has 1 amide bonds. The molecule has 0 aliphatic carbocycles. The zero-order chi connectivity index (χ0) is 15.4. The van der Waals surface area contributed by atoms with Crippen molar-refractivity contribution in [1.82, 2.24) is 10.3 Å². The van der Waals surface area contributed by atoms with Crippen molar-refractivity contribution in [2.24, 2.45) is 0 Å². The fourth-order valence-corrected chi connectivity index (χ4v) is 1.96. The third kappa shape index (κ3) is 3.76. The van der Waals surface area contributed by atoms with Crippen molar-refractivity contribution in [1.29, 1.82) is 0 Å². The van der Waals surface area contributed by atoms with Crippen LogP contribution in [0.3, 0.4) is 0 Å². The average molecular weight is 290 g/mol. The van der Waals surface area contributed by atoms with Crippen LogP contribution in [0.15, 0.2) is 41.2 Å². The summed E-state index contributed by atoms with van der Waals surface area (Å²) in [7, 11) is 0. The molecule has 2 rings (SSSR count). The lowest BCUT2D eigenvalue weighted by atomic mass is 10.1. The van der Waals surface area contributed by atoms with Crippen LogP contribution in [0.2, 0.25) is 0 Å². The summed E-state index contributed by atoms with van der Waals surface area (Å²) in [6, 6.07) is 8.49. The van der Waals surface area contributed by atoms with Gasteiger partial charge in [0.05, 0.1) is 6.10 Å². The molecule has 0 spiro atoms. The van der Waals surface area contributed by atoms with E-state index in [0.29, 0.717) is 5.69 Å². The Hall–Kier alpha value is -2.47. The van der Waals surface area contributed by atoms with E-state index in [1.807, 2.05) is 0 Å². The molecule has 6 heteroatoms. The molecule has 0 bridgehead atoms. The monoisotopic (exact) mass is 290 g/mol. The Balaban J connectivity index is 2.04. The number of amides is 1. The van der Waals surface area contributed by atoms with Crippen LogP contribution in [0.1, 0.15) is 27.7 Å². The number of nitrogens with one attached hydrogen (secondary N) is 2. The number of aryl methyl sites for hydroxylation is 1. The number of aromatic amines is 1. The number of aliphatic hydroxyl groups is 1. The van der Waals surface area contributed by atoms with Gasteiger partial charge in [-0.3, -0.25) is 9.59 Å². The van der Waals surface area contributed by atoms with Crippen molar-refractivity contribution in [2.45, 2.75) is 13.0 Å². The number of carbonyl (C=O) groups excluding carboxylic acids is 1. The van der Waals surface area contributed by atoms with Crippen LogP contribution in [-0.2, 0) is 0 Å². The van der Waals surface area contributed by atoms with Crippen LogP contribution in [0.5, 0.6) is 0 Å². The first-order valence-corrected chi connectivity index (χ1v) is 6.39. The van der Waals surface area contributed by atoms with Gasteiger partial charge in [-0.1, -0.05) is 18.2 Å². The third-order valence-corrected chi connectivity index (χ3v) is 2.96. The summed E-state index contributed by atoms with van der Waals surface area (Å²) < 4.78 is 13.5. The number of H-pyrrole nitrogens is 1. The maximum Gasteiger partial charge on any atom is 0.251 e. The minimum atomic E-state index is -1.15. The van der Waals surface area contributed by atoms with E-state index < -0.39 is 17.8 Å². The van der Waals surface area contributed by atoms with Crippen molar-refractivity contribution >= 4 is 5.91 Å². The van der Waals surface area contributed by atoms with E-state index in [1.165, 1.54) is 24.3 Å². The maximum atomic E-state index is 13.5. The van der Waals surface area contributed by atoms with E-state index in [4.69, 9.17) is 0 Å². The molecule has 1 aromatic heterocycles. The SMILES string of the molecule is Cc1cc(C(=O)NCC(O)c2ccccc2F)cc(=O)[nH]1. The molecule has 0 fully saturated rings. The summed E-state index contributed by atoms with van der Waals surface area (Å²) in [4.78, 5) is 25.7. The fraction of sp³-hybridized carbons (Fsp3) is 0.200. The molecule has 1 atom stereocenters. The quantitative estimate of drug-likeness (QED) is 0.793. The zero-order valence-corrected chi connectivity index (χ0v) is 11.4. The molecule has 0 radical (unpaired) electrons. The van der Waals surface area contributed by atoms with Crippen LogP contribution in [-0.4, -0.2) is 22.5 Å². The summed E-state index contributed by atoms with van der Waals surface area (Å²) >= 11 is 0. The molecule has 110 valence electrons. The lowest BCUT2D eigenvalue weighted by Crippen LogP contribution is -2.29. The Bertz CT molecular complexity index is 712. The van der Waals surface area contributed by atoms with Crippen LogP contribution >= 0.6 is 0 Å². The van der Waals surface area contributed by atoms with Crippen LogP contribution in [0.25, 0.3) is 0 Å². The van der Waals surface area contributed by atoms with Gasteiger partial charge < -0.3 is 15.4 Å². The van der Waals surface area contributed by atoms with E-state index in [0.717, 1.165) is 6.07 Å². The zero-order valence-electron chi connectivity index (χ0n) is 11.4. The van der Waals surface area contributed by atoms with E-state index in [9.17, 15) is 19.1 Å². The van der Waals surface area contributed by atoms with Gasteiger partial charge in [-0.05, 0) is 19.1 Å². The van der Waals surface area contributed by atoms with Crippen molar-refractivity contribution in [3.8, 4) is 0 Å². The predicted molar refractivity (Wildman–Crippen MR) is 75.5 cm³/mol. The first kappa shape index (κ1) is 14.9. The molecule has 0 aliphatic rings. The van der Waals surface area contributed by atoms with E-state index in [-0.39, 0.29) is 23.2 Å². The molecule has 21 heavy (non-hydrogen) atoms. The molecule has 3 N–H and O–H groups in total. The van der Waals surface area contributed by atoms with Crippen molar-refractivity contribution < 1.29 is 14.3 Å². The van der Waals surface area contributed by atoms with Gasteiger partial charge >= 0.3 is 0 Å². The van der Waals surface area contributed by atoms with Gasteiger partial charge in [-0.25, -0.2) is 4.39 Å². The molecule has 1 heterocycles. The molecule has 2 aromatic rings.